The van der Waals surface area contributed by atoms with Crippen LogP contribution in [0.4, 0.5) is 10.5 Å². The summed E-state index contributed by atoms with van der Waals surface area (Å²) in [5.74, 6) is 0.00568. The number of aromatic nitrogens is 1. The normalized spacial score (nSPS) is 14.7. The van der Waals surface area contributed by atoms with Crippen molar-refractivity contribution < 1.29 is 28.7 Å². The molecule has 2 aromatic carbocycles. The molecule has 0 fully saturated rings. The highest BCUT2D eigenvalue weighted by Crippen LogP contribution is 2.42. The maximum atomic E-state index is 13.3. The molecular weight excluding hydrogens is 498 g/mol. The highest BCUT2D eigenvalue weighted by molar-refractivity contribution is 7.09. The number of carbonyl (C=O) groups is 2. The number of amides is 1. The fraction of sp³-hybridized carbons (Fsp3) is 0.261. The van der Waals surface area contributed by atoms with Gasteiger partial charge in [-0.15, -0.1) is 11.3 Å². The second-order valence-electron chi connectivity index (χ2n) is 7.40. The van der Waals surface area contributed by atoms with Gasteiger partial charge in [0, 0.05) is 35.7 Å². The van der Waals surface area contributed by atoms with E-state index >= 15 is 0 Å². The third-order valence-corrected chi connectivity index (χ3v) is 6.39. The zero-order chi connectivity index (χ0) is 24.9. The molecule has 0 saturated carbocycles. The van der Waals surface area contributed by atoms with Crippen LogP contribution in [0.3, 0.4) is 0 Å². The summed E-state index contributed by atoms with van der Waals surface area (Å²) in [5, 5.41) is 11.3. The first-order valence-electron chi connectivity index (χ1n) is 10.6. The van der Waals surface area contributed by atoms with Gasteiger partial charge in [-0.3, -0.25) is 15.0 Å². The van der Waals surface area contributed by atoms with Crippen LogP contribution in [0.2, 0.25) is 5.02 Å². The van der Waals surface area contributed by atoms with Crippen LogP contribution in [0.5, 0.6) is 11.5 Å². The summed E-state index contributed by atoms with van der Waals surface area (Å²) >= 11 is 7.68. The Labute approximate surface area is 209 Å². The number of nitro groups is 1. The van der Waals surface area contributed by atoms with Crippen LogP contribution < -0.4 is 9.47 Å². The van der Waals surface area contributed by atoms with Gasteiger partial charge in [-0.05, 0) is 37.3 Å². The molecule has 35 heavy (non-hydrogen) atoms. The second-order valence-corrected chi connectivity index (χ2v) is 8.73. The van der Waals surface area contributed by atoms with E-state index < -0.39 is 23.0 Å². The predicted molar refractivity (Wildman–Crippen MR) is 127 cm³/mol. The van der Waals surface area contributed by atoms with Crippen LogP contribution in [-0.4, -0.2) is 46.6 Å². The fourth-order valence-electron chi connectivity index (χ4n) is 3.69. The van der Waals surface area contributed by atoms with E-state index in [9.17, 15) is 19.7 Å². The van der Waals surface area contributed by atoms with Crippen molar-refractivity contribution in [2.75, 3.05) is 19.8 Å². The molecule has 10 nitrogen and oxygen atoms in total. The van der Waals surface area contributed by atoms with Gasteiger partial charge in [-0.1, -0.05) is 11.6 Å². The molecule has 0 spiro atoms. The number of thiazole rings is 1. The van der Waals surface area contributed by atoms with Crippen molar-refractivity contribution in [2.24, 2.45) is 0 Å². The Morgan fingerprint density at radius 3 is 2.74 bits per heavy atom. The first-order chi connectivity index (χ1) is 16.9. The monoisotopic (exact) mass is 517 g/mol. The molecule has 0 aliphatic carbocycles. The van der Waals surface area contributed by atoms with Crippen molar-refractivity contribution in [2.45, 2.75) is 19.4 Å². The minimum atomic E-state index is -0.653. The predicted octanol–water partition coefficient (Wildman–Crippen LogP) is 4.79. The van der Waals surface area contributed by atoms with Crippen molar-refractivity contribution >= 4 is 40.7 Å². The molecular formula is C23H20ClN3O7S. The van der Waals surface area contributed by atoms with Crippen molar-refractivity contribution in [3.63, 3.8) is 0 Å². The van der Waals surface area contributed by atoms with Crippen molar-refractivity contribution in [1.82, 2.24) is 9.88 Å². The van der Waals surface area contributed by atoms with Crippen LogP contribution in [-0.2, 0) is 16.0 Å². The maximum absolute atomic E-state index is 13.3. The number of non-ortho nitro benzene ring substituents is 1. The van der Waals surface area contributed by atoms with Gasteiger partial charge in [0.1, 0.15) is 17.5 Å². The van der Waals surface area contributed by atoms with Gasteiger partial charge in [-0.25, -0.2) is 14.6 Å². The van der Waals surface area contributed by atoms with Crippen LogP contribution in [0.25, 0.3) is 0 Å². The van der Waals surface area contributed by atoms with E-state index in [-0.39, 0.29) is 24.7 Å². The number of esters is 1. The molecule has 0 bridgehead atoms. The lowest BCUT2D eigenvalue weighted by Gasteiger charge is -2.35. The zero-order valence-corrected chi connectivity index (χ0v) is 20.1. The lowest BCUT2D eigenvalue weighted by atomic mass is 9.97. The van der Waals surface area contributed by atoms with Crippen LogP contribution in [0.15, 0.2) is 48.0 Å². The lowest BCUT2D eigenvalue weighted by molar-refractivity contribution is -0.384. The fourth-order valence-corrected chi connectivity index (χ4v) is 4.84. The number of hydrogen-bond acceptors (Lipinski definition) is 9. The van der Waals surface area contributed by atoms with Crippen LogP contribution in [0.1, 0.15) is 29.1 Å². The SMILES string of the molecule is CCOC(=O)COc1ccc(Cl)cc1[C@@H]1c2scnc2CCN1C(=O)Oc1ccc([N+](=O)[O-])cc1. The van der Waals surface area contributed by atoms with Gasteiger partial charge in [0.2, 0.25) is 0 Å². The van der Waals surface area contributed by atoms with Gasteiger partial charge in [0.05, 0.1) is 27.6 Å². The van der Waals surface area contributed by atoms with Crippen LogP contribution in [0, 0.1) is 10.1 Å². The summed E-state index contributed by atoms with van der Waals surface area (Å²) in [6.45, 7) is 1.92. The molecule has 182 valence electrons. The number of rotatable bonds is 7. The Morgan fingerprint density at radius 2 is 2.03 bits per heavy atom. The number of carbonyl (C=O) groups excluding carboxylic acids is 2. The van der Waals surface area contributed by atoms with Crippen molar-refractivity contribution in [3.8, 4) is 11.5 Å². The van der Waals surface area contributed by atoms with E-state index in [4.69, 9.17) is 25.8 Å². The summed E-state index contributed by atoms with van der Waals surface area (Å²) in [4.78, 5) is 42.2. The average Bonchev–Trinajstić information content (AvgIpc) is 3.32. The number of ether oxygens (including phenoxy) is 3. The minimum Gasteiger partial charge on any atom is -0.482 e. The standard InChI is InChI=1S/C23H20ClN3O7S/c1-2-32-20(28)12-33-19-8-3-14(24)11-17(19)21-22-18(25-13-35-22)9-10-26(21)23(29)34-16-6-4-15(5-7-16)27(30)31/h3-8,11,13,21H,2,9-10,12H2,1H3/t21-/m1/s1. The minimum absolute atomic E-state index is 0.114. The Bertz CT molecular complexity index is 1250. The van der Waals surface area contributed by atoms with Gasteiger partial charge in [-0.2, -0.15) is 0 Å². The largest absolute Gasteiger partial charge is 0.482 e. The first kappa shape index (κ1) is 24.4. The number of fused-ring (bicyclic) bond motifs is 1. The highest BCUT2D eigenvalue weighted by atomic mass is 35.5. The summed E-state index contributed by atoms with van der Waals surface area (Å²) in [7, 11) is 0. The molecule has 4 rings (SSSR count). The Balaban J connectivity index is 1.65. The summed E-state index contributed by atoms with van der Waals surface area (Å²) in [6.07, 6.45) is -0.135. The van der Waals surface area contributed by atoms with Crippen molar-refractivity contribution in [1.29, 1.82) is 0 Å². The Kier molecular flexibility index (Phi) is 7.47. The number of halogens is 1. The van der Waals surface area contributed by atoms with Crippen LogP contribution >= 0.6 is 22.9 Å². The van der Waals surface area contributed by atoms with Crippen molar-refractivity contribution in [3.05, 3.63) is 79.2 Å². The maximum Gasteiger partial charge on any atom is 0.416 e. The summed E-state index contributed by atoms with van der Waals surface area (Å²) < 4.78 is 16.2. The zero-order valence-electron chi connectivity index (χ0n) is 18.5. The topological polar surface area (TPSA) is 121 Å². The van der Waals surface area contributed by atoms with Gasteiger partial charge in [0.25, 0.3) is 5.69 Å². The van der Waals surface area contributed by atoms with E-state index in [2.05, 4.69) is 4.98 Å². The van der Waals surface area contributed by atoms with E-state index in [0.717, 1.165) is 10.6 Å². The molecule has 12 heteroatoms. The molecule has 1 aliphatic heterocycles. The molecule has 2 heterocycles. The van der Waals surface area contributed by atoms with E-state index in [0.29, 0.717) is 29.3 Å². The third kappa shape index (κ3) is 5.52. The second kappa shape index (κ2) is 10.7. The van der Waals surface area contributed by atoms with E-state index in [1.807, 2.05) is 0 Å². The molecule has 1 aliphatic rings. The molecule has 0 saturated heterocycles. The average molecular weight is 518 g/mol. The smallest absolute Gasteiger partial charge is 0.416 e. The van der Waals surface area contributed by atoms with E-state index in [1.165, 1.54) is 40.5 Å². The van der Waals surface area contributed by atoms with Gasteiger partial charge in [0.15, 0.2) is 6.61 Å². The molecule has 1 amide bonds. The number of hydrogen-bond donors (Lipinski definition) is 0. The number of nitro benzene ring substituents is 1. The lowest BCUT2D eigenvalue weighted by Crippen LogP contribution is -2.42. The Hall–Kier alpha value is -3.70. The molecule has 3 aromatic rings. The summed E-state index contributed by atoms with van der Waals surface area (Å²) in [5.41, 5.74) is 2.99. The molecule has 1 aromatic heterocycles. The number of nitrogens with zero attached hydrogens (tertiary/aromatic N) is 3. The summed E-state index contributed by atoms with van der Waals surface area (Å²) in [6, 6.07) is 9.54. The number of benzene rings is 2. The molecule has 1 atom stereocenters. The molecule has 0 radical (unpaired) electrons. The van der Waals surface area contributed by atoms with Gasteiger partial charge >= 0.3 is 12.1 Å². The Morgan fingerprint density at radius 1 is 1.26 bits per heavy atom. The quantitative estimate of drug-likeness (QED) is 0.249. The third-order valence-electron chi connectivity index (χ3n) is 5.23. The van der Waals surface area contributed by atoms with E-state index in [1.54, 1.807) is 30.6 Å². The molecule has 0 unspecified atom stereocenters. The molecule has 0 N–H and O–H groups in total. The first-order valence-corrected chi connectivity index (χ1v) is 11.9. The highest BCUT2D eigenvalue weighted by Gasteiger charge is 2.37. The van der Waals surface area contributed by atoms with Gasteiger partial charge < -0.3 is 14.2 Å².